The Labute approximate surface area is 97.0 Å². The van der Waals surface area contributed by atoms with Crippen LogP contribution in [0.2, 0.25) is 0 Å². The molecule has 15 heavy (non-hydrogen) atoms. The summed E-state index contributed by atoms with van der Waals surface area (Å²) in [6, 6.07) is 0. The molecule has 0 saturated carbocycles. The van der Waals surface area contributed by atoms with Gasteiger partial charge >= 0.3 is 0 Å². The fraction of sp³-hybridized carbons (Fsp3) is 0.900. The molecule has 0 aromatic heterocycles. The summed E-state index contributed by atoms with van der Waals surface area (Å²) in [4.78, 5) is 13.2. The highest BCUT2D eigenvalue weighted by Gasteiger charge is 2.22. The maximum atomic E-state index is 11.7. The number of thiol groups is 1. The van der Waals surface area contributed by atoms with Crippen LogP contribution in [0.25, 0.3) is 0 Å². The van der Waals surface area contributed by atoms with E-state index in [0.29, 0.717) is 0 Å². The van der Waals surface area contributed by atoms with Gasteiger partial charge < -0.3 is 14.7 Å². The van der Waals surface area contributed by atoms with Crippen LogP contribution < -0.4 is 0 Å². The Kier molecular flexibility index (Phi) is 6.96. The lowest BCUT2D eigenvalue weighted by molar-refractivity contribution is -0.131. The van der Waals surface area contributed by atoms with Crippen molar-refractivity contribution >= 4 is 18.5 Å². The molecule has 0 heterocycles. The van der Waals surface area contributed by atoms with Gasteiger partial charge in [0.15, 0.2) is 0 Å². The fourth-order valence-electron chi connectivity index (χ4n) is 1.16. The summed E-state index contributed by atoms with van der Waals surface area (Å²) in [6.45, 7) is 4.39. The van der Waals surface area contributed by atoms with Crippen LogP contribution in [0, 0.1) is 5.92 Å². The Morgan fingerprint density at radius 1 is 1.53 bits per heavy atom. The summed E-state index contributed by atoms with van der Waals surface area (Å²) in [5.41, 5.74) is 0. The van der Waals surface area contributed by atoms with Crippen LogP contribution in [0.1, 0.15) is 13.8 Å². The minimum absolute atomic E-state index is 0.0662. The summed E-state index contributed by atoms with van der Waals surface area (Å²) < 4.78 is 4.79. The molecule has 0 fully saturated rings. The van der Waals surface area contributed by atoms with Crippen LogP contribution in [0.3, 0.4) is 0 Å². The minimum atomic E-state index is -0.642. The van der Waals surface area contributed by atoms with E-state index in [9.17, 15) is 9.90 Å². The van der Waals surface area contributed by atoms with Gasteiger partial charge in [-0.05, 0) is 5.92 Å². The highest BCUT2D eigenvalue weighted by atomic mass is 32.1. The molecular weight excluding hydrogens is 214 g/mol. The molecule has 0 aromatic rings. The Bertz CT molecular complexity index is 199. The lowest BCUT2D eigenvalue weighted by Gasteiger charge is -2.24. The van der Waals surface area contributed by atoms with Crippen LogP contribution in [-0.2, 0) is 9.53 Å². The number of rotatable bonds is 6. The molecule has 0 aliphatic carbocycles. The minimum Gasteiger partial charge on any atom is -0.389 e. The van der Waals surface area contributed by atoms with Crippen LogP contribution in [0.4, 0.5) is 0 Å². The van der Waals surface area contributed by atoms with Crippen molar-refractivity contribution in [3.8, 4) is 0 Å². The van der Waals surface area contributed by atoms with E-state index in [1.165, 1.54) is 12.0 Å². The number of likely N-dealkylation sites (N-methyl/N-ethyl adjacent to an activating group) is 1. The summed E-state index contributed by atoms with van der Waals surface area (Å²) in [6.07, 6.45) is -0.642. The molecule has 0 aromatic carbocycles. The predicted octanol–water partition coefficient (Wildman–Crippen LogP) is 0.407. The normalized spacial score (nSPS) is 15.1. The van der Waals surface area contributed by atoms with E-state index in [2.05, 4.69) is 12.6 Å². The third-order valence-electron chi connectivity index (χ3n) is 2.10. The molecule has 0 rings (SSSR count). The van der Waals surface area contributed by atoms with Gasteiger partial charge in [-0.25, -0.2) is 0 Å². The number of amides is 1. The fourth-order valence-corrected chi connectivity index (χ4v) is 1.36. The number of aliphatic hydroxyl groups is 1. The quantitative estimate of drug-likeness (QED) is 0.656. The first-order valence-electron chi connectivity index (χ1n) is 5.00. The summed E-state index contributed by atoms with van der Waals surface area (Å²) in [7, 11) is 3.17. The maximum Gasteiger partial charge on any atom is 0.235 e. The molecule has 1 N–H and O–H groups in total. The predicted molar refractivity (Wildman–Crippen MR) is 63.1 cm³/mol. The van der Waals surface area contributed by atoms with E-state index >= 15 is 0 Å². The number of carbonyl (C=O) groups excluding carboxylic acids is 1. The monoisotopic (exact) mass is 235 g/mol. The zero-order valence-corrected chi connectivity index (χ0v) is 10.7. The summed E-state index contributed by atoms with van der Waals surface area (Å²) >= 11 is 4.23. The van der Waals surface area contributed by atoms with Crippen molar-refractivity contribution in [1.29, 1.82) is 0 Å². The third kappa shape index (κ3) is 5.39. The number of carbonyl (C=O) groups is 1. The van der Waals surface area contributed by atoms with E-state index in [-0.39, 0.29) is 30.2 Å². The topological polar surface area (TPSA) is 49.8 Å². The van der Waals surface area contributed by atoms with Crippen LogP contribution >= 0.6 is 12.6 Å². The molecule has 1 amide bonds. The van der Waals surface area contributed by atoms with Gasteiger partial charge in [-0.15, -0.1) is 0 Å². The van der Waals surface area contributed by atoms with Crippen molar-refractivity contribution in [3.05, 3.63) is 0 Å². The van der Waals surface area contributed by atoms with Gasteiger partial charge in [0.1, 0.15) is 0 Å². The Balaban J connectivity index is 4.09. The molecule has 0 bridgehead atoms. The molecule has 0 radical (unpaired) electrons. The van der Waals surface area contributed by atoms with Crippen molar-refractivity contribution in [2.45, 2.75) is 25.2 Å². The molecule has 0 spiro atoms. The van der Waals surface area contributed by atoms with Gasteiger partial charge in [0.05, 0.1) is 18.0 Å². The Morgan fingerprint density at radius 3 is 2.47 bits per heavy atom. The first-order chi connectivity index (χ1) is 6.90. The molecule has 0 aliphatic rings. The van der Waals surface area contributed by atoms with Crippen LogP contribution in [0.15, 0.2) is 0 Å². The standard InChI is InChI=1S/C10H21NO3S/c1-7(2)9(15)10(13)11(3)5-8(12)6-14-4/h7-9,12,15H,5-6H2,1-4H3. The summed E-state index contributed by atoms with van der Waals surface area (Å²) in [5, 5.41) is 9.13. The smallest absolute Gasteiger partial charge is 0.235 e. The summed E-state index contributed by atoms with van der Waals surface area (Å²) in [5.74, 6) is 0.117. The largest absolute Gasteiger partial charge is 0.389 e. The number of hydrogen-bond acceptors (Lipinski definition) is 4. The number of aliphatic hydroxyl groups excluding tert-OH is 1. The van der Waals surface area contributed by atoms with Gasteiger partial charge in [-0.2, -0.15) is 12.6 Å². The Hall–Kier alpha value is -0.260. The molecular formula is C10H21NO3S. The van der Waals surface area contributed by atoms with E-state index in [0.717, 1.165) is 0 Å². The number of methoxy groups -OCH3 is 1. The van der Waals surface area contributed by atoms with E-state index in [1.807, 2.05) is 13.8 Å². The van der Waals surface area contributed by atoms with Gasteiger partial charge in [0.2, 0.25) is 5.91 Å². The SMILES string of the molecule is COCC(O)CN(C)C(=O)C(S)C(C)C. The van der Waals surface area contributed by atoms with Gasteiger partial charge in [0, 0.05) is 20.7 Å². The van der Waals surface area contributed by atoms with Crippen molar-refractivity contribution in [3.63, 3.8) is 0 Å². The lowest BCUT2D eigenvalue weighted by atomic mass is 10.1. The Morgan fingerprint density at radius 2 is 2.07 bits per heavy atom. The van der Waals surface area contributed by atoms with Gasteiger partial charge in [-0.3, -0.25) is 4.79 Å². The molecule has 5 heteroatoms. The van der Waals surface area contributed by atoms with E-state index in [1.54, 1.807) is 7.05 Å². The second-order valence-electron chi connectivity index (χ2n) is 4.02. The molecule has 90 valence electrons. The molecule has 4 nitrogen and oxygen atoms in total. The third-order valence-corrected chi connectivity index (χ3v) is 2.92. The first kappa shape index (κ1) is 14.7. The van der Waals surface area contributed by atoms with E-state index < -0.39 is 6.10 Å². The molecule has 0 aliphatic heterocycles. The molecule has 2 atom stereocenters. The number of ether oxygens (including phenoxy) is 1. The second-order valence-corrected chi connectivity index (χ2v) is 4.57. The highest BCUT2D eigenvalue weighted by Crippen LogP contribution is 2.11. The van der Waals surface area contributed by atoms with Crippen molar-refractivity contribution < 1.29 is 14.6 Å². The van der Waals surface area contributed by atoms with Crippen molar-refractivity contribution in [1.82, 2.24) is 4.90 Å². The first-order valence-corrected chi connectivity index (χ1v) is 5.51. The van der Waals surface area contributed by atoms with Crippen LogP contribution in [-0.4, -0.2) is 54.6 Å². The van der Waals surface area contributed by atoms with Gasteiger partial charge in [0.25, 0.3) is 0 Å². The number of nitrogens with zero attached hydrogens (tertiary/aromatic N) is 1. The van der Waals surface area contributed by atoms with E-state index in [4.69, 9.17) is 4.74 Å². The maximum absolute atomic E-state index is 11.7. The lowest BCUT2D eigenvalue weighted by Crippen LogP contribution is -2.41. The highest BCUT2D eigenvalue weighted by molar-refractivity contribution is 7.81. The zero-order valence-electron chi connectivity index (χ0n) is 9.80. The van der Waals surface area contributed by atoms with Crippen molar-refractivity contribution in [2.75, 3.05) is 27.3 Å². The van der Waals surface area contributed by atoms with Gasteiger partial charge in [-0.1, -0.05) is 13.8 Å². The number of hydrogen-bond donors (Lipinski definition) is 2. The average Bonchev–Trinajstić information content (AvgIpc) is 2.15. The van der Waals surface area contributed by atoms with Crippen LogP contribution in [0.5, 0.6) is 0 Å². The molecule has 0 saturated heterocycles. The zero-order chi connectivity index (χ0) is 12.0. The second kappa shape index (κ2) is 7.09. The molecule has 2 unspecified atom stereocenters. The van der Waals surface area contributed by atoms with Crippen molar-refractivity contribution in [2.24, 2.45) is 5.92 Å². The average molecular weight is 235 g/mol.